The van der Waals surface area contributed by atoms with Crippen molar-refractivity contribution in [1.82, 2.24) is 14.7 Å². The number of amides is 2. The first-order valence-corrected chi connectivity index (χ1v) is 8.23. The van der Waals surface area contributed by atoms with Crippen LogP contribution < -0.4 is 4.74 Å². The van der Waals surface area contributed by atoms with E-state index in [1.54, 1.807) is 37.9 Å². The summed E-state index contributed by atoms with van der Waals surface area (Å²) >= 11 is 0. The monoisotopic (exact) mass is 333 g/mol. The Morgan fingerprint density at radius 2 is 1.92 bits per heavy atom. The Morgan fingerprint density at radius 3 is 2.54 bits per heavy atom. The molecule has 0 aliphatic carbocycles. The number of para-hydroxylation sites is 1. The minimum Gasteiger partial charge on any atom is -0.496 e. The fraction of sp³-hybridized carbons (Fsp3) is 0.556. The molecule has 1 atom stereocenters. The molecule has 1 heterocycles. The van der Waals surface area contributed by atoms with Crippen molar-refractivity contribution in [3.63, 3.8) is 0 Å². The van der Waals surface area contributed by atoms with Crippen LogP contribution in [0.25, 0.3) is 0 Å². The number of hydrogen-bond donors (Lipinski definition) is 0. The van der Waals surface area contributed by atoms with Gasteiger partial charge in [0.25, 0.3) is 0 Å². The van der Waals surface area contributed by atoms with Crippen molar-refractivity contribution in [1.29, 1.82) is 0 Å². The Morgan fingerprint density at radius 1 is 1.21 bits per heavy atom. The molecule has 1 aliphatic heterocycles. The highest BCUT2D eigenvalue weighted by Gasteiger charge is 2.30. The highest BCUT2D eigenvalue weighted by Crippen LogP contribution is 2.21. The second-order valence-electron chi connectivity index (χ2n) is 6.44. The maximum atomic E-state index is 12.5. The molecule has 1 aromatic rings. The molecule has 0 radical (unpaired) electrons. The van der Waals surface area contributed by atoms with Crippen LogP contribution in [0.3, 0.4) is 0 Å². The van der Waals surface area contributed by atoms with Gasteiger partial charge in [-0.25, -0.2) is 0 Å². The van der Waals surface area contributed by atoms with Gasteiger partial charge in [-0.1, -0.05) is 18.2 Å². The molecule has 1 saturated heterocycles. The number of hydrogen-bond acceptors (Lipinski definition) is 4. The molecule has 1 fully saturated rings. The summed E-state index contributed by atoms with van der Waals surface area (Å²) < 4.78 is 5.42. The summed E-state index contributed by atoms with van der Waals surface area (Å²) in [4.78, 5) is 29.9. The maximum Gasteiger partial charge on any atom is 0.228 e. The van der Waals surface area contributed by atoms with Crippen molar-refractivity contribution in [3.05, 3.63) is 29.8 Å². The summed E-state index contributed by atoms with van der Waals surface area (Å²) in [5.41, 5.74) is 1.09. The normalized spacial score (nSPS) is 18.8. The number of benzene rings is 1. The Labute approximate surface area is 144 Å². The zero-order valence-electron chi connectivity index (χ0n) is 15.0. The van der Waals surface area contributed by atoms with Gasteiger partial charge in [-0.05, 0) is 6.07 Å². The molecule has 1 aromatic carbocycles. The van der Waals surface area contributed by atoms with Crippen LogP contribution in [0, 0.1) is 5.92 Å². The zero-order valence-corrected chi connectivity index (χ0v) is 15.0. The van der Waals surface area contributed by atoms with Crippen LogP contribution in [0.2, 0.25) is 0 Å². The molecule has 132 valence electrons. The van der Waals surface area contributed by atoms with E-state index < -0.39 is 0 Å². The summed E-state index contributed by atoms with van der Waals surface area (Å²) in [6.07, 6.45) is 0. The van der Waals surface area contributed by atoms with Gasteiger partial charge < -0.3 is 14.5 Å². The number of carbonyl (C=O) groups excluding carboxylic acids is 2. The van der Waals surface area contributed by atoms with Gasteiger partial charge in [0, 0.05) is 59.3 Å². The predicted octanol–water partition coefficient (Wildman–Crippen LogP) is 1.06. The lowest BCUT2D eigenvalue weighted by Crippen LogP contribution is -2.41. The topological polar surface area (TPSA) is 53.1 Å². The van der Waals surface area contributed by atoms with Crippen molar-refractivity contribution in [3.8, 4) is 5.75 Å². The van der Waals surface area contributed by atoms with Crippen molar-refractivity contribution >= 4 is 11.8 Å². The molecular weight excluding hydrogens is 306 g/mol. The van der Waals surface area contributed by atoms with Crippen LogP contribution >= 0.6 is 0 Å². The quantitative estimate of drug-likeness (QED) is 0.827. The highest BCUT2D eigenvalue weighted by atomic mass is 16.5. The van der Waals surface area contributed by atoms with Crippen LogP contribution in [0.4, 0.5) is 0 Å². The van der Waals surface area contributed by atoms with Crippen LogP contribution in [0.5, 0.6) is 5.75 Å². The molecule has 2 rings (SSSR count). The standard InChI is InChI=1S/C18H27N3O3/c1-14(22)21-10-9-20(12-16(13-21)18(23)19(2)3)11-15-7-5-6-8-17(15)24-4/h5-8,16H,9-13H2,1-4H3/t16-/m1/s1. The minimum absolute atomic E-state index is 0.0192. The number of methoxy groups -OCH3 is 1. The molecule has 0 aromatic heterocycles. The van der Waals surface area contributed by atoms with E-state index in [9.17, 15) is 9.59 Å². The third-order valence-electron chi connectivity index (χ3n) is 4.43. The fourth-order valence-electron chi connectivity index (χ4n) is 3.11. The smallest absolute Gasteiger partial charge is 0.228 e. The molecule has 2 amide bonds. The van der Waals surface area contributed by atoms with E-state index in [4.69, 9.17) is 4.74 Å². The highest BCUT2D eigenvalue weighted by molar-refractivity contribution is 5.80. The van der Waals surface area contributed by atoms with Gasteiger partial charge in [-0.3, -0.25) is 14.5 Å². The first-order chi connectivity index (χ1) is 11.4. The van der Waals surface area contributed by atoms with Crippen molar-refractivity contribution < 1.29 is 14.3 Å². The van der Waals surface area contributed by atoms with Crippen LogP contribution in [0.1, 0.15) is 12.5 Å². The summed E-state index contributed by atoms with van der Waals surface area (Å²) in [5.74, 6) is 0.723. The third kappa shape index (κ3) is 4.47. The molecule has 0 spiro atoms. The van der Waals surface area contributed by atoms with E-state index in [-0.39, 0.29) is 17.7 Å². The number of rotatable bonds is 4. The second-order valence-corrected chi connectivity index (χ2v) is 6.44. The van der Waals surface area contributed by atoms with E-state index in [1.165, 1.54) is 0 Å². The Hall–Kier alpha value is -2.08. The van der Waals surface area contributed by atoms with Gasteiger partial charge in [0.2, 0.25) is 11.8 Å². The van der Waals surface area contributed by atoms with E-state index in [0.29, 0.717) is 26.2 Å². The molecule has 0 N–H and O–H groups in total. The molecule has 6 nitrogen and oxygen atoms in total. The lowest BCUT2D eigenvalue weighted by atomic mass is 10.1. The van der Waals surface area contributed by atoms with E-state index in [2.05, 4.69) is 4.90 Å². The molecule has 24 heavy (non-hydrogen) atoms. The van der Waals surface area contributed by atoms with Gasteiger partial charge in [0.1, 0.15) is 5.75 Å². The lowest BCUT2D eigenvalue weighted by Gasteiger charge is -2.26. The predicted molar refractivity (Wildman–Crippen MR) is 92.7 cm³/mol. The van der Waals surface area contributed by atoms with E-state index in [1.807, 2.05) is 24.3 Å². The van der Waals surface area contributed by atoms with Gasteiger partial charge in [0.05, 0.1) is 13.0 Å². The SMILES string of the molecule is COc1ccccc1CN1CCN(C(C)=O)C[C@H](C(=O)N(C)C)C1. The Bertz CT molecular complexity index is 589. The van der Waals surface area contributed by atoms with Crippen LogP contribution in [-0.4, -0.2) is 73.9 Å². The first kappa shape index (κ1) is 18.3. The Balaban J connectivity index is 2.17. The average molecular weight is 333 g/mol. The second kappa shape index (κ2) is 8.15. The van der Waals surface area contributed by atoms with E-state index >= 15 is 0 Å². The number of nitrogens with zero attached hydrogens (tertiary/aromatic N) is 3. The number of carbonyl (C=O) groups is 2. The summed E-state index contributed by atoms with van der Waals surface area (Å²) in [6, 6.07) is 7.91. The van der Waals surface area contributed by atoms with Crippen LogP contribution in [0.15, 0.2) is 24.3 Å². The van der Waals surface area contributed by atoms with Gasteiger partial charge in [-0.15, -0.1) is 0 Å². The molecule has 6 heteroatoms. The average Bonchev–Trinajstić information content (AvgIpc) is 2.77. The zero-order chi connectivity index (χ0) is 17.7. The maximum absolute atomic E-state index is 12.5. The summed E-state index contributed by atoms with van der Waals surface area (Å²) in [6.45, 7) is 4.77. The van der Waals surface area contributed by atoms with E-state index in [0.717, 1.165) is 17.9 Å². The van der Waals surface area contributed by atoms with Gasteiger partial charge >= 0.3 is 0 Å². The summed E-state index contributed by atoms with van der Waals surface area (Å²) in [5, 5.41) is 0. The first-order valence-electron chi connectivity index (χ1n) is 8.23. The largest absolute Gasteiger partial charge is 0.496 e. The lowest BCUT2D eigenvalue weighted by molar-refractivity contribution is -0.135. The third-order valence-corrected chi connectivity index (χ3v) is 4.43. The number of ether oxygens (including phenoxy) is 1. The summed E-state index contributed by atoms with van der Waals surface area (Å²) in [7, 11) is 5.18. The van der Waals surface area contributed by atoms with Crippen molar-refractivity contribution in [2.24, 2.45) is 5.92 Å². The molecule has 0 bridgehead atoms. The van der Waals surface area contributed by atoms with Gasteiger partial charge in [-0.2, -0.15) is 0 Å². The molecular formula is C18H27N3O3. The van der Waals surface area contributed by atoms with Crippen molar-refractivity contribution in [2.75, 3.05) is 47.4 Å². The Kier molecular flexibility index (Phi) is 6.20. The van der Waals surface area contributed by atoms with Crippen molar-refractivity contribution in [2.45, 2.75) is 13.5 Å². The molecule has 0 saturated carbocycles. The fourth-order valence-corrected chi connectivity index (χ4v) is 3.11. The van der Waals surface area contributed by atoms with Gasteiger partial charge in [0.15, 0.2) is 0 Å². The molecule has 1 aliphatic rings. The van der Waals surface area contributed by atoms with Crippen LogP contribution in [-0.2, 0) is 16.1 Å². The minimum atomic E-state index is -0.207. The molecule has 0 unspecified atom stereocenters.